The van der Waals surface area contributed by atoms with Crippen LogP contribution in [0.25, 0.3) is 16.7 Å². The van der Waals surface area contributed by atoms with Crippen LogP contribution in [0, 0.1) is 0 Å². The van der Waals surface area contributed by atoms with Crippen molar-refractivity contribution < 1.29 is 4.74 Å². The predicted octanol–water partition coefficient (Wildman–Crippen LogP) is 3.26. The number of anilines is 1. The number of nitrogens with zero attached hydrogens (tertiary/aromatic N) is 5. The first kappa shape index (κ1) is 18.5. The summed E-state index contributed by atoms with van der Waals surface area (Å²) in [5.41, 5.74) is 2.02. The Kier molecular flexibility index (Phi) is 5.16. The van der Waals surface area contributed by atoms with Crippen molar-refractivity contribution in [1.29, 1.82) is 0 Å². The van der Waals surface area contributed by atoms with Crippen LogP contribution in [0.4, 0.5) is 5.82 Å². The maximum atomic E-state index is 5.61. The first-order valence-electron chi connectivity index (χ1n) is 10.7. The first-order chi connectivity index (χ1) is 14.4. The van der Waals surface area contributed by atoms with Gasteiger partial charge in [-0.2, -0.15) is 5.10 Å². The molecule has 2 aromatic heterocycles. The van der Waals surface area contributed by atoms with E-state index in [0.717, 1.165) is 55.4 Å². The van der Waals surface area contributed by atoms with Gasteiger partial charge in [0, 0.05) is 25.2 Å². The second-order valence-corrected chi connectivity index (χ2v) is 8.09. The van der Waals surface area contributed by atoms with Gasteiger partial charge in [-0.3, -0.25) is 4.90 Å². The maximum Gasteiger partial charge on any atom is 0.168 e. The second-order valence-electron chi connectivity index (χ2n) is 8.09. The van der Waals surface area contributed by atoms with Crippen LogP contribution < -0.4 is 5.32 Å². The Bertz CT molecular complexity index is 944. The summed E-state index contributed by atoms with van der Waals surface area (Å²) >= 11 is 0. The van der Waals surface area contributed by atoms with Gasteiger partial charge in [-0.25, -0.2) is 14.6 Å². The van der Waals surface area contributed by atoms with E-state index in [-0.39, 0.29) is 5.54 Å². The van der Waals surface area contributed by atoms with E-state index in [1.807, 2.05) is 41.2 Å². The number of morpholine rings is 1. The molecular weight excluding hydrogens is 364 g/mol. The molecule has 1 aliphatic heterocycles. The summed E-state index contributed by atoms with van der Waals surface area (Å²) in [6.07, 6.45) is 9.90. The lowest BCUT2D eigenvalue weighted by Gasteiger charge is -2.48. The molecule has 1 N–H and O–H groups in total. The van der Waals surface area contributed by atoms with Gasteiger partial charge in [0.25, 0.3) is 0 Å². The minimum atomic E-state index is 0.189. The first-order valence-corrected chi connectivity index (χ1v) is 10.7. The number of hydrogen-bond acceptors (Lipinski definition) is 6. The largest absolute Gasteiger partial charge is 0.379 e. The van der Waals surface area contributed by atoms with Crippen LogP contribution >= 0.6 is 0 Å². The molecule has 1 saturated carbocycles. The molecule has 1 aromatic carbocycles. The number of hydrogen-bond donors (Lipinski definition) is 1. The number of para-hydroxylation sites is 1. The standard InChI is InChI=1S/C22H28N6O/c1-3-7-18(8-4-1)28-21-19(15-26-28)20(24-17-25-21)23-16-22(9-5-2-6-10-22)27-11-13-29-14-12-27/h1,3-4,7-8,15,17H,2,5-6,9-14,16H2,(H,23,24,25). The lowest BCUT2D eigenvalue weighted by Crippen LogP contribution is -2.58. The quantitative estimate of drug-likeness (QED) is 0.719. The number of nitrogens with one attached hydrogen (secondary N) is 1. The Morgan fingerprint density at radius 2 is 1.79 bits per heavy atom. The zero-order valence-corrected chi connectivity index (χ0v) is 16.8. The van der Waals surface area contributed by atoms with E-state index in [9.17, 15) is 0 Å². The topological polar surface area (TPSA) is 68.1 Å². The van der Waals surface area contributed by atoms with Crippen molar-refractivity contribution in [2.75, 3.05) is 38.2 Å². The Labute approximate surface area is 171 Å². The number of ether oxygens (including phenoxy) is 1. The molecular formula is C22H28N6O. The highest BCUT2D eigenvalue weighted by molar-refractivity contribution is 5.87. The van der Waals surface area contributed by atoms with Gasteiger partial charge >= 0.3 is 0 Å². The highest BCUT2D eigenvalue weighted by Crippen LogP contribution is 2.35. The fourth-order valence-corrected chi connectivity index (χ4v) is 4.84. The molecule has 0 unspecified atom stereocenters. The zero-order valence-electron chi connectivity index (χ0n) is 16.8. The van der Waals surface area contributed by atoms with Crippen molar-refractivity contribution in [2.24, 2.45) is 0 Å². The highest BCUT2D eigenvalue weighted by Gasteiger charge is 2.38. The molecule has 0 radical (unpaired) electrons. The minimum Gasteiger partial charge on any atom is -0.379 e. The SMILES string of the molecule is c1ccc(-n2ncc3c(NCC4(N5CCOCC5)CCCCC4)ncnc32)cc1. The summed E-state index contributed by atoms with van der Waals surface area (Å²) in [5, 5.41) is 9.21. The molecule has 0 amide bonds. The van der Waals surface area contributed by atoms with Crippen LogP contribution in [0.1, 0.15) is 32.1 Å². The summed E-state index contributed by atoms with van der Waals surface area (Å²) in [6.45, 7) is 4.61. The van der Waals surface area contributed by atoms with E-state index >= 15 is 0 Å². The fourth-order valence-electron chi connectivity index (χ4n) is 4.84. The number of fused-ring (bicyclic) bond motifs is 1. The molecule has 5 rings (SSSR count). The smallest absolute Gasteiger partial charge is 0.168 e. The lowest BCUT2D eigenvalue weighted by atomic mass is 9.79. The van der Waals surface area contributed by atoms with E-state index in [1.54, 1.807) is 6.33 Å². The summed E-state index contributed by atoms with van der Waals surface area (Å²) in [5.74, 6) is 0.871. The van der Waals surface area contributed by atoms with Gasteiger partial charge in [-0.15, -0.1) is 0 Å². The number of benzene rings is 1. The van der Waals surface area contributed by atoms with Crippen LogP contribution in [-0.4, -0.2) is 63.0 Å². The maximum absolute atomic E-state index is 5.61. The third-order valence-electron chi connectivity index (χ3n) is 6.42. The molecule has 2 fully saturated rings. The highest BCUT2D eigenvalue weighted by atomic mass is 16.5. The zero-order chi connectivity index (χ0) is 19.5. The summed E-state index contributed by atoms with van der Waals surface area (Å²) in [4.78, 5) is 11.7. The van der Waals surface area contributed by atoms with Crippen molar-refractivity contribution in [2.45, 2.75) is 37.6 Å². The van der Waals surface area contributed by atoms with Crippen LogP contribution in [0.2, 0.25) is 0 Å². The van der Waals surface area contributed by atoms with E-state index in [4.69, 9.17) is 4.74 Å². The Hall–Kier alpha value is -2.51. The molecule has 2 aliphatic rings. The van der Waals surface area contributed by atoms with Crippen LogP contribution in [-0.2, 0) is 4.74 Å². The van der Waals surface area contributed by atoms with Gasteiger partial charge in [0.15, 0.2) is 5.65 Å². The molecule has 3 heterocycles. The molecule has 0 atom stereocenters. The van der Waals surface area contributed by atoms with Crippen molar-refractivity contribution >= 4 is 16.9 Å². The second kappa shape index (κ2) is 8.08. The van der Waals surface area contributed by atoms with Gasteiger partial charge in [0.1, 0.15) is 12.1 Å². The van der Waals surface area contributed by atoms with Crippen molar-refractivity contribution in [3.8, 4) is 5.69 Å². The number of rotatable bonds is 5. The van der Waals surface area contributed by atoms with E-state index in [0.29, 0.717) is 0 Å². The molecule has 7 nitrogen and oxygen atoms in total. The normalized spacial score (nSPS) is 20.0. The molecule has 1 saturated heterocycles. The van der Waals surface area contributed by atoms with Crippen LogP contribution in [0.15, 0.2) is 42.9 Å². The Morgan fingerprint density at radius 1 is 1.00 bits per heavy atom. The number of aromatic nitrogens is 4. The third kappa shape index (κ3) is 3.60. The van der Waals surface area contributed by atoms with Crippen molar-refractivity contribution in [3.05, 3.63) is 42.9 Å². The van der Waals surface area contributed by atoms with Gasteiger partial charge < -0.3 is 10.1 Å². The minimum absolute atomic E-state index is 0.189. The van der Waals surface area contributed by atoms with Gasteiger partial charge in [-0.1, -0.05) is 37.5 Å². The molecule has 0 bridgehead atoms. The summed E-state index contributed by atoms with van der Waals surface area (Å²) < 4.78 is 7.48. The Balaban J connectivity index is 1.41. The van der Waals surface area contributed by atoms with Crippen molar-refractivity contribution in [3.63, 3.8) is 0 Å². The Morgan fingerprint density at radius 3 is 2.59 bits per heavy atom. The molecule has 29 heavy (non-hydrogen) atoms. The summed E-state index contributed by atoms with van der Waals surface area (Å²) in [6, 6.07) is 10.1. The van der Waals surface area contributed by atoms with Crippen molar-refractivity contribution in [1.82, 2.24) is 24.6 Å². The average Bonchev–Trinajstić information content (AvgIpc) is 3.24. The van der Waals surface area contributed by atoms with E-state index < -0.39 is 0 Å². The average molecular weight is 393 g/mol. The monoisotopic (exact) mass is 392 g/mol. The van der Waals surface area contributed by atoms with Crippen LogP contribution in [0.3, 0.4) is 0 Å². The fraction of sp³-hybridized carbons (Fsp3) is 0.500. The summed E-state index contributed by atoms with van der Waals surface area (Å²) in [7, 11) is 0. The lowest BCUT2D eigenvalue weighted by molar-refractivity contribution is -0.0318. The molecule has 7 heteroatoms. The van der Waals surface area contributed by atoms with E-state index in [1.165, 1.54) is 32.1 Å². The molecule has 1 aliphatic carbocycles. The van der Waals surface area contributed by atoms with Gasteiger partial charge in [0.2, 0.25) is 0 Å². The van der Waals surface area contributed by atoms with Gasteiger partial charge in [0.05, 0.1) is 30.5 Å². The predicted molar refractivity (Wildman–Crippen MR) is 113 cm³/mol. The third-order valence-corrected chi connectivity index (χ3v) is 6.42. The van der Waals surface area contributed by atoms with Gasteiger partial charge in [-0.05, 0) is 25.0 Å². The molecule has 152 valence electrons. The molecule has 3 aromatic rings. The molecule has 0 spiro atoms. The van der Waals surface area contributed by atoms with Crippen LogP contribution in [0.5, 0.6) is 0 Å². The van der Waals surface area contributed by atoms with E-state index in [2.05, 4.69) is 25.3 Å².